The molecule has 2 aromatic rings. The first-order valence-corrected chi connectivity index (χ1v) is 10.9. The molecule has 3 atom stereocenters. The lowest BCUT2D eigenvalue weighted by molar-refractivity contribution is -0.115. The van der Waals surface area contributed by atoms with Gasteiger partial charge in [0, 0.05) is 41.3 Å². The Morgan fingerprint density at radius 2 is 2.24 bits per heavy atom. The van der Waals surface area contributed by atoms with Crippen LogP contribution in [0.15, 0.2) is 12.3 Å². The van der Waals surface area contributed by atoms with Crippen LogP contribution in [0.25, 0.3) is 0 Å². The first-order valence-electron chi connectivity index (χ1n) is 10.1. The lowest BCUT2D eigenvalue weighted by atomic mass is 10.0. The van der Waals surface area contributed by atoms with Gasteiger partial charge < -0.3 is 15.3 Å². The van der Waals surface area contributed by atoms with Gasteiger partial charge in [-0.05, 0) is 32.1 Å². The van der Waals surface area contributed by atoms with Crippen molar-refractivity contribution in [1.82, 2.24) is 20.1 Å². The Morgan fingerprint density at radius 3 is 2.90 bits per heavy atom. The van der Waals surface area contributed by atoms with E-state index in [9.17, 15) is 14.7 Å². The molecule has 3 N–H and O–H groups in total. The molecule has 1 aliphatic carbocycles. The van der Waals surface area contributed by atoms with Crippen LogP contribution in [0.5, 0.6) is 0 Å². The molecule has 0 radical (unpaired) electrons. The summed E-state index contributed by atoms with van der Waals surface area (Å²) >= 11 is 1.51. The Morgan fingerprint density at radius 1 is 1.45 bits per heavy atom. The summed E-state index contributed by atoms with van der Waals surface area (Å²) in [5.74, 6) is 0.952. The molecule has 9 heteroatoms. The number of hydrogen-bond acceptors (Lipinski definition) is 5. The van der Waals surface area contributed by atoms with E-state index in [4.69, 9.17) is 0 Å². The molecule has 29 heavy (non-hydrogen) atoms. The van der Waals surface area contributed by atoms with Gasteiger partial charge in [-0.2, -0.15) is 5.10 Å². The Bertz CT molecular complexity index is 849. The van der Waals surface area contributed by atoms with E-state index in [2.05, 4.69) is 34.3 Å². The highest BCUT2D eigenvalue weighted by Gasteiger charge is 2.34. The zero-order valence-corrected chi connectivity index (χ0v) is 18.0. The first-order chi connectivity index (χ1) is 13.9. The fourth-order valence-corrected chi connectivity index (χ4v) is 4.61. The van der Waals surface area contributed by atoms with Crippen LogP contribution in [0.4, 0.5) is 10.6 Å². The van der Waals surface area contributed by atoms with Crippen molar-refractivity contribution in [3.8, 4) is 0 Å². The van der Waals surface area contributed by atoms with Gasteiger partial charge in [0.15, 0.2) is 5.82 Å². The van der Waals surface area contributed by atoms with E-state index in [1.807, 2.05) is 13.0 Å². The number of carbonyl (C=O) groups excluding carboxylic acids is 1. The standard InChI is InChI=1S/C20H29N5O3S/c1-4-12(2)11-25(20(27)28)15-6-5-14(7-15)17-9-18(24-23-17)22-19(26)8-16-10-21-13(3)29-16/h9-10,12,14-15H,4-8,11H2,1-3H3,(H,27,28)(H2,22,23,24,26)/t12-,14?,15?/m0/s1. The monoisotopic (exact) mass is 419 g/mol. The predicted octanol–water partition coefficient (Wildman–Crippen LogP) is 4.02. The summed E-state index contributed by atoms with van der Waals surface area (Å²) in [7, 11) is 0. The fraction of sp³-hybridized carbons (Fsp3) is 0.600. The molecule has 2 heterocycles. The molecule has 0 aromatic carbocycles. The van der Waals surface area contributed by atoms with Gasteiger partial charge in [-0.3, -0.25) is 9.89 Å². The molecule has 3 rings (SSSR count). The molecule has 0 aliphatic heterocycles. The Balaban J connectivity index is 1.56. The number of anilines is 1. The number of carbonyl (C=O) groups is 2. The minimum Gasteiger partial charge on any atom is -0.465 e. The average Bonchev–Trinajstić information content (AvgIpc) is 3.40. The van der Waals surface area contributed by atoms with E-state index in [1.165, 1.54) is 11.3 Å². The van der Waals surface area contributed by atoms with Gasteiger partial charge >= 0.3 is 6.09 Å². The van der Waals surface area contributed by atoms with Gasteiger partial charge in [0.25, 0.3) is 0 Å². The Labute approximate surface area is 174 Å². The van der Waals surface area contributed by atoms with Crippen molar-refractivity contribution in [2.24, 2.45) is 5.92 Å². The second kappa shape index (κ2) is 9.39. The lowest BCUT2D eigenvalue weighted by Crippen LogP contribution is -2.40. The van der Waals surface area contributed by atoms with Gasteiger partial charge in [0.2, 0.25) is 5.91 Å². The highest BCUT2D eigenvalue weighted by atomic mass is 32.1. The fourth-order valence-electron chi connectivity index (χ4n) is 3.81. The maximum atomic E-state index is 12.2. The lowest BCUT2D eigenvalue weighted by Gasteiger charge is -2.28. The quantitative estimate of drug-likeness (QED) is 0.598. The van der Waals surface area contributed by atoms with Crippen LogP contribution in [0.1, 0.15) is 61.0 Å². The third kappa shape index (κ3) is 5.56. The normalized spacial score (nSPS) is 19.8. The number of aromatic amines is 1. The number of nitrogens with zero attached hydrogens (tertiary/aromatic N) is 3. The van der Waals surface area contributed by atoms with Crippen molar-refractivity contribution in [3.63, 3.8) is 0 Å². The second-order valence-corrected chi connectivity index (χ2v) is 9.21. The Hall–Kier alpha value is -2.42. The maximum Gasteiger partial charge on any atom is 0.407 e. The van der Waals surface area contributed by atoms with Crippen LogP contribution in [0.3, 0.4) is 0 Å². The SMILES string of the molecule is CC[C@H](C)CN(C(=O)O)C1CCC(c2cc(NC(=O)Cc3cnc(C)s3)n[nH]2)C1. The number of amides is 2. The number of hydrogen-bond donors (Lipinski definition) is 3. The maximum absolute atomic E-state index is 12.2. The highest BCUT2D eigenvalue weighted by molar-refractivity contribution is 7.11. The first kappa shape index (κ1) is 21.3. The number of rotatable bonds is 8. The summed E-state index contributed by atoms with van der Waals surface area (Å²) in [4.78, 5) is 30.6. The number of thiazole rings is 1. The molecular formula is C20H29N5O3S. The molecule has 1 fully saturated rings. The van der Waals surface area contributed by atoms with Gasteiger partial charge in [-0.25, -0.2) is 9.78 Å². The molecular weight excluding hydrogens is 390 g/mol. The van der Waals surface area contributed by atoms with E-state index >= 15 is 0 Å². The van der Waals surface area contributed by atoms with Gasteiger partial charge in [-0.15, -0.1) is 11.3 Å². The third-order valence-electron chi connectivity index (χ3n) is 5.61. The summed E-state index contributed by atoms with van der Waals surface area (Å²) in [6.45, 7) is 6.65. The molecule has 2 amide bonds. The van der Waals surface area contributed by atoms with E-state index in [0.29, 0.717) is 18.3 Å². The van der Waals surface area contributed by atoms with Crippen molar-refractivity contribution >= 4 is 29.2 Å². The molecule has 2 aromatic heterocycles. The van der Waals surface area contributed by atoms with Crippen molar-refractivity contribution in [2.75, 3.05) is 11.9 Å². The number of nitrogens with one attached hydrogen (secondary N) is 2. The molecule has 0 bridgehead atoms. The molecule has 8 nitrogen and oxygen atoms in total. The smallest absolute Gasteiger partial charge is 0.407 e. The number of carboxylic acid groups (broad SMARTS) is 1. The summed E-state index contributed by atoms with van der Waals surface area (Å²) in [6.07, 6.45) is 4.66. The van der Waals surface area contributed by atoms with E-state index in [-0.39, 0.29) is 24.3 Å². The molecule has 1 aliphatic rings. The van der Waals surface area contributed by atoms with Crippen LogP contribution >= 0.6 is 11.3 Å². The van der Waals surface area contributed by atoms with Crippen molar-refractivity contribution < 1.29 is 14.7 Å². The number of aromatic nitrogens is 3. The van der Waals surface area contributed by atoms with E-state index < -0.39 is 6.09 Å². The second-order valence-electron chi connectivity index (χ2n) is 7.89. The van der Waals surface area contributed by atoms with Gasteiger partial charge in [-0.1, -0.05) is 20.3 Å². The van der Waals surface area contributed by atoms with Crippen LogP contribution in [-0.2, 0) is 11.2 Å². The molecule has 0 spiro atoms. The van der Waals surface area contributed by atoms with Gasteiger partial charge in [0.05, 0.1) is 11.4 Å². The van der Waals surface area contributed by atoms with Crippen molar-refractivity contribution in [1.29, 1.82) is 0 Å². The summed E-state index contributed by atoms with van der Waals surface area (Å²) in [5.41, 5.74) is 0.949. The minimum absolute atomic E-state index is 0.0300. The van der Waals surface area contributed by atoms with Crippen LogP contribution in [0.2, 0.25) is 0 Å². The topological polar surface area (TPSA) is 111 Å². The van der Waals surface area contributed by atoms with Crippen molar-refractivity contribution in [3.05, 3.63) is 27.8 Å². The highest BCUT2D eigenvalue weighted by Crippen LogP contribution is 2.37. The van der Waals surface area contributed by atoms with Crippen LogP contribution < -0.4 is 5.32 Å². The predicted molar refractivity (Wildman–Crippen MR) is 112 cm³/mol. The van der Waals surface area contributed by atoms with Crippen molar-refractivity contribution in [2.45, 2.75) is 64.8 Å². The largest absolute Gasteiger partial charge is 0.465 e. The summed E-state index contributed by atoms with van der Waals surface area (Å²) in [6, 6.07) is 1.89. The minimum atomic E-state index is -0.841. The van der Waals surface area contributed by atoms with Gasteiger partial charge in [0.1, 0.15) is 0 Å². The number of aryl methyl sites for hydroxylation is 1. The molecule has 0 saturated heterocycles. The summed E-state index contributed by atoms with van der Waals surface area (Å²) < 4.78 is 0. The third-order valence-corrected chi connectivity index (χ3v) is 6.52. The zero-order chi connectivity index (χ0) is 21.0. The number of H-pyrrole nitrogens is 1. The summed E-state index contributed by atoms with van der Waals surface area (Å²) in [5, 5.41) is 20.6. The average molecular weight is 420 g/mol. The zero-order valence-electron chi connectivity index (χ0n) is 17.1. The Kier molecular flexibility index (Phi) is 6.89. The van der Waals surface area contributed by atoms with Crippen LogP contribution in [-0.4, -0.2) is 49.8 Å². The molecule has 2 unspecified atom stereocenters. The van der Waals surface area contributed by atoms with E-state index in [1.54, 1.807) is 11.1 Å². The van der Waals surface area contributed by atoms with E-state index in [0.717, 1.165) is 41.3 Å². The molecule has 158 valence electrons. The molecule has 1 saturated carbocycles. The van der Waals surface area contributed by atoms with Crippen LogP contribution in [0, 0.1) is 12.8 Å².